The van der Waals surface area contributed by atoms with Crippen LogP contribution in [0.15, 0.2) is 47.4 Å². The first-order valence-corrected chi connectivity index (χ1v) is 11.6. The summed E-state index contributed by atoms with van der Waals surface area (Å²) in [5.74, 6) is -1.42. The molecule has 0 unspecified atom stereocenters. The highest BCUT2D eigenvalue weighted by atomic mass is 32.2. The van der Waals surface area contributed by atoms with E-state index in [1.54, 1.807) is 20.8 Å². The molecule has 12 heteroatoms. The maximum Gasteiger partial charge on any atom is 0.407 e. The molecule has 186 valence electrons. The van der Waals surface area contributed by atoms with Crippen LogP contribution in [0.1, 0.15) is 26.3 Å². The fraction of sp³-hybridized carbons (Fsp3) is 0.409. The number of benzene rings is 2. The second-order valence-electron chi connectivity index (χ2n) is 8.78. The number of anilines is 1. The Morgan fingerprint density at radius 1 is 1.18 bits per heavy atom. The van der Waals surface area contributed by atoms with Gasteiger partial charge in [-0.3, -0.25) is 9.10 Å². The highest BCUT2D eigenvalue weighted by Crippen LogP contribution is 2.40. The standard InChI is InChI=1S/C22H24F4N2O5S/c1-21(2,3)33-19(29)11-13-4-9-17-16(10-13)28(12-18(32-17)20(27)22(24,25)26)34(30,31)15-7-5-14(23)6-8-15/h4-10,18,20H,11-12,27H2,1-3H3/t18-,20+/m0/s1. The summed E-state index contributed by atoms with van der Waals surface area (Å²) < 4.78 is 91.2. The van der Waals surface area contributed by atoms with E-state index in [1.807, 2.05) is 0 Å². The van der Waals surface area contributed by atoms with Crippen LogP contribution in [0.2, 0.25) is 0 Å². The number of halogens is 4. The van der Waals surface area contributed by atoms with Crippen molar-refractivity contribution in [2.24, 2.45) is 5.73 Å². The van der Waals surface area contributed by atoms with Crippen LogP contribution in [0.5, 0.6) is 5.75 Å². The second-order valence-corrected chi connectivity index (χ2v) is 10.6. The van der Waals surface area contributed by atoms with Crippen LogP contribution in [-0.4, -0.2) is 44.9 Å². The smallest absolute Gasteiger partial charge is 0.407 e. The number of carbonyl (C=O) groups is 1. The molecule has 3 rings (SSSR count). The third-order valence-electron chi connectivity index (χ3n) is 4.86. The van der Waals surface area contributed by atoms with Gasteiger partial charge in [-0.05, 0) is 62.7 Å². The monoisotopic (exact) mass is 504 g/mol. The fourth-order valence-corrected chi connectivity index (χ4v) is 4.81. The normalized spacial score (nSPS) is 17.5. The summed E-state index contributed by atoms with van der Waals surface area (Å²) in [6.45, 7) is 4.31. The predicted molar refractivity (Wildman–Crippen MR) is 115 cm³/mol. The van der Waals surface area contributed by atoms with E-state index in [9.17, 15) is 30.8 Å². The van der Waals surface area contributed by atoms with Crippen molar-refractivity contribution in [1.29, 1.82) is 0 Å². The molecule has 2 aromatic rings. The zero-order chi connectivity index (χ0) is 25.5. The zero-order valence-corrected chi connectivity index (χ0v) is 19.4. The molecule has 0 radical (unpaired) electrons. The molecule has 0 fully saturated rings. The molecular formula is C22H24F4N2O5S. The first-order valence-electron chi connectivity index (χ1n) is 10.2. The van der Waals surface area contributed by atoms with Crippen molar-refractivity contribution >= 4 is 21.7 Å². The van der Waals surface area contributed by atoms with Crippen molar-refractivity contribution in [3.05, 3.63) is 53.8 Å². The SMILES string of the molecule is CC(C)(C)OC(=O)Cc1ccc2c(c1)N(S(=O)(=O)c1ccc(F)cc1)C[C@@H]([C@@H](N)C(F)(F)F)O2. The van der Waals surface area contributed by atoms with Gasteiger partial charge < -0.3 is 15.2 Å². The number of carbonyl (C=O) groups excluding carboxylic acids is 1. The number of esters is 1. The van der Waals surface area contributed by atoms with E-state index in [0.29, 0.717) is 5.56 Å². The molecule has 1 heterocycles. The average Bonchev–Trinajstić information content (AvgIpc) is 2.70. The number of sulfonamides is 1. The van der Waals surface area contributed by atoms with Crippen molar-refractivity contribution in [3.63, 3.8) is 0 Å². The number of ether oxygens (including phenoxy) is 2. The zero-order valence-electron chi connectivity index (χ0n) is 18.6. The van der Waals surface area contributed by atoms with E-state index in [2.05, 4.69) is 0 Å². The van der Waals surface area contributed by atoms with Crippen LogP contribution in [-0.2, 0) is 26.0 Å². The van der Waals surface area contributed by atoms with Gasteiger partial charge in [0.15, 0.2) is 0 Å². The minimum atomic E-state index is -4.84. The number of nitrogens with two attached hydrogens (primary N) is 1. The van der Waals surface area contributed by atoms with Crippen molar-refractivity contribution < 1.29 is 40.2 Å². The molecule has 1 aliphatic heterocycles. The van der Waals surface area contributed by atoms with Gasteiger partial charge in [0.05, 0.1) is 23.5 Å². The molecule has 0 aliphatic carbocycles. The van der Waals surface area contributed by atoms with Crippen LogP contribution in [0.4, 0.5) is 23.2 Å². The van der Waals surface area contributed by atoms with E-state index in [4.69, 9.17) is 15.2 Å². The van der Waals surface area contributed by atoms with Crippen LogP contribution >= 0.6 is 0 Å². The number of alkyl halides is 3. The van der Waals surface area contributed by atoms with Gasteiger partial charge in [-0.15, -0.1) is 0 Å². The lowest BCUT2D eigenvalue weighted by Crippen LogP contribution is -2.57. The Labute approximate surface area is 194 Å². The Balaban J connectivity index is 2.04. The molecule has 0 saturated heterocycles. The van der Waals surface area contributed by atoms with Crippen molar-refractivity contribution in [2.45, 2.75) is 56.0 Å². The summed E-state index contributed by atoms with van der Waals surface area (Å²) in [7, 11) is -4.43. The van der Waals surface area contributed by atoms with E-state index in [0.717, 1.165) is 28.6 Å². The Bertz CT molecular complexity index is 1160. The Hall–Kier alpha value is -2.86. The number of fused-ring (bicyclic) bond motifs is 1. The summed E-state index contributed by atoms with van der Waals surface area (Å²) >= 11 is 0. The average molecular weight is 505 g/mol. The summed E-state index contributed by atoms with van der Waals surface area (Å²) in [4.78, 5) is 11.9. The first-order chi connectivity index (χ1) is 15.6. The molecule has 0 spiro atoms. The van der Waals surface area contributed by atoms with Gasteiger partial charge in [-0.25, -0.2) is 12.8 Å². The van der Waals surface area contributed by atoms with Gasteiger partial charge in [-0.2, -0.15) is 13.2 Å². The summed E-state index contributed by atoms with van der Waals surface area (Å²) in [5, 5.41) is 0. The Kier molecular flexibility index (Phi) is 6.87. The maximum atomic E-state index is 13.3. The maximum absolute atomic E-state index is 13.3. The lowest BCUT2D eigenvalue weighted by atomic mass is 10.1. The van der Waals surface area contributed by atoms with Crippen LogP contribution in [0.25, 0.3) is 0 Å². The van der Waals surface area contributed by atoms with Gasteiger partial charge in [0.1, 0.15) is 29.3 Å². The Morgan fingerprint density at radius 2 is 1.79 bits per heavy atom. The van der Waals surface area contributed by atoms with Gasteiger partial charge in [0.2, 0.25) is 0 Å². The third-order valence-corrected chi connectivity index (χ3v) is 6.66. The van der Waals surface area contributed by atoms with Crippen LogP contribution in [0, 0.1) is 5.82 Å². The highest BCUT2D eigenvalue weighted by Gasteiger charge is 2.47. The molecule has 2 atom stereocenters. The molecule has 0 amide bonds. The third kappa shape index (κ3) is 5.79. The fourth-order valence-electron chi connectivity index (χ4n) is 3.33. The summed E-state index contributed by atoms with van der Waals surface area (Å²) in [5.41, 5.74) is 4.86. The quantitative estimate of drug-likeness (QED) is 0.494. The molecule has 1 aliphatic rings. The van der Waals surface area contributed by atoms with Gasteiger partial charge >= 0.3 is 12.1 Å². The highest BCUT2D eigenvalue weighted by molar-refractivity contribution is 7.92. The van der Waals surface area contributed by atoms with E-state index >= 15 is 0 Å². The number of hydrogen-bond acceptors (Lipinski definition) is 6. The molecule has 0 saturated carbocycles. The van der Waals surface area contributed by atoms with Crippen molar-refractivity contribution in [2.75, 3.05) is 10.8 Å². The van der Waals surface area contributed by atoms with Gasteiger partial charge in [0.25, 0.3) is 10.0 Å². The summed E-state index contributed by atoms with van der Waals surface area (Å²) in [6.07, 6.45) is -6.79. The lowest BCUT2D eigenvalue weighted by Gasteiger charge is -2.38. The van der Waals surface area contributed by atoms with Crippen molar-refractivity contribution in [3.8, 4) is 5.75 Å². The van der Waals surface area contributed by atoms with E-state index in [1.165, 1.54) is 18.2 Å². The molecule has 34 heavy (non-hydrogen) atoms. The lowest BCUT2D eigenvalue weighted by molar-refractivity contribution is -0.165. The number of rotatable bonds is 5. The molecule has 0 bridgehead atoms. The summed E-state index contributed by atoms with van der Waals surface area (Å²) in [6, 6.07) is 5.41. The minimum absolute atomic E-state index is 0.0731. The van der Waals surface area contributed by atoms with Gasteiger partial charge in [-0.1, -0.05) is 6.07 Å². The molecule has 7 nitrogen and oxygen atoms in total. The van der Waals surface area contributed by atoms with Crippen LogP contribution < -0.4 is 14.8 Å². The Morgan fingerprint density at radius 3 is 2.35 bits per heavy atom. The van der Waals surface area contributed by atoms with Crippen LogP contribution in [0.3, 0.4) is 0 Å². The van der Waals surface area contributed by atoms with E-state index in [-0.39, 0.29) is 22.8 Å². The largest absolute Gasteiger partial charge is 0.484 e. The van der Waals surface area contributed by atoms with Crippen molar-refractivity contribution in [1.82, 2.24) is 0 Å². The first kappa shape index (κ1) is 25.8. The molecule has 0 aromatic heterocycles. The minimum Gasteiger partial charge on any atom is -0.484 e. The van der Waals surface area contributed by atoms with Gasteiger partial charge in [0, 0.05) is 0 Å². The molecular weight excluding hydrogens is 480 g/mol. The molecule has 2 N–H and O–H groups in total. The predicted octanol–water partition coefficient (Wildman–Crippen LogP) is 3.56. The van der Waals surface area contributed by atoms with E-state index < -0.39 is 52.3 Å². The molecule has 2 aromatic carbocycles. The number of hydrogen-bond donors (Lipinski definition) is 1. The number of nitrogens with zero attached hydrogens (tertiary/aromatic N) is 1. The topological polar surface area (TPSA) is 98.9 Å². The second kappa shape index (κ2) is 9.06.